The van der Waals surface area contributed by atoms with Gasteiger partial charge in [0.1, 0.15) is 11.3 Å². The van der Waals surface area contributed by atoms with Gasteiger partial charge in [0.2, 0.25) is 0 Å². The van der Waals surface area contributed by atoms with E-state index < -0.39 is 5.54 Å². The van der Waals surface area contributed by atoms with Crippen LogP contribution in [0.15, 0.2) is 125 Å². The third kappa shape index (κ3) is 3.93. The molecule has 0 aromatic heterocycles. The normalized spacial score (nSPS) is 10.7. The van der Waals surface area contributed by atoms with E-state index in [1.807, 2.05) is 78.9 Å². The molecule has 0 saturated carbocycles. The Labute approximate surface area is 177 Å². The van der Waals surface area contributed by atoms with Crippen LogP contribution in [0.3, 0.4) is 0 Å². The summed E-state index contributed by atoms with van der Waals surface area (Å²) >= 11 is 0. The summed E-state index contributed by atoms with van der Waals surface area (Å²) in [7, 11) is 1.65. The lowest BCUT2D eigenvalue weighted by molar-refractivity contribution is 0.415. The quantitative estimate of drug-likeness (QED) is 0.273. The predicted molar refractivity (Wildman–Crippen MR) is 122 cm³/mol. The first-order valence-corrected chi connectivity index (χ1v) is 9.81. The number of nitrogens with zero attached hydrogens (tertiary/aromatic N) is 2. The Balaban J connectivity index is 1.91. The molecule has 0 aliphatic rings. The molecule has 4 rings (SSSR count). The van der Waals surface area contributed by atoms with Gasteiger partial charge in [0.25, 0.3) is 0 Å². The topological polar surface area (TPSA) is 34.0 Å². The Morgan fingerprint density at radius 2 is 1.03 bits per heavy atom. The van der Waals surface area contributed by atoms with E-state index in [0.29, 0.717) is 0 Å². The summed E-state index contributed by atoms with van der Waals surface area (Å²) in [5.41, 5.74) is 3.18. The molecule has 0 atom stereocenters. The average Bonchev–Trinajstić information content (AvgIpc) is 2.84. The molecule has 0 amide bonds. The third-order valence-corrected chi connectivity index (χ3v) is 5.04. The van der Waals surface area contributed by atoms with Crippen molar-refractivity contribution in [3.05, 3.63) is 132 Å². The van der Waals surface area contributed by atoms with Gasteiger partial charge in [-0.1, -0.05) is 91.0 Å². The molecule has 0 unspecified atom stereocenters. The van der Waals surface area contributed by atoms with Gasteiger partial charge in [0, 0.05) is 0 Å². The highest BCUT2D eigenvalue weighted by atomic mass is 16.5. The molecule has 4 aromatic carbocycles. The van der Waals surface area contributed by atoms with Crippen molar-refractivity contribution in [1.29, 1.82) is 0 Å². The van der Waals surface area contributed by atoms with Crippen molar-refractivity contribution >= 4 is 11.7 Å². The Bertz CT molecular complexity index is 1040. The van der Waals surface area contributed by atoms with Crippen LogP contribution in [0.4, 0.5) is 5.69 Å². The molecule has 0 saturated heterocycles. The Morgan fingerprint density at radius 3 is 1.43 bits per heavy atom. The standard InChI is InChI=1S/C27H22N2O/c1-30-26-19-17-25(18-20-26)28-21-29-27(22-11-5-2-6-12-22,23-13-7-3-8-14-23)24-15-9-4-10-16-24/h2-20H,1H3. The minimum atomic E-state index is -0.750. The molecule has 4 aromatic rings. The minimum Gasteiger partial charge on any atom is -0.497 e. The minimum absolute atomic E-state index is 0.750. The van der Waals surface area contributed by atoms with Crippen molar-refractivity contribution in [2.24, 2.45) is 9.98 Å². The molecule has 0 N–H and O–H groups in total. The molecule has 0 radical (unpaired) electrons. The smallest absolute Gasteiger partial charge is 0.147 e. The Hall–Kier alpha value is -3.94. The summed E-state index contributed by atoms with van der Waals surface area (Å²) in [6.45, 7) is 0. The van der Waals surface area contributed by atoms with Crippen molar-refractivity contribution in [2.45, 2.75) is 5.54 Å². The number of hydrogen-bond donors (Lipinski definition) is 0. The second-order valence-electron chi connectivity index (χ2n) is 6.83. The first kappa shape index (κ1) is 19.4. The van der Waals surface area contributed by atoms with Crippen LogP contribution in [-0.4, -0.2) is 13.1 Å². The zero-order chi connectivity index (χ0) is 20.7. The molecule has 3 heteroatoms. The first-order chi connectivity index (χ1) is 14.8. The van der Waals surface area contributed by atoms with Gasteiger partial charge in [-0.3, -0.25) is 0 Å². The van der Waals surface area contributed by atoms with Crippen molar-refractivity contribution in [3.8, 4) is 5.75 Å². The van der Waals surface area contributed by atoms with Crippen LogP contribution in [0.1, 0.15) is 16.7 Å². The molecular weight excluding hydrogens is 368 g/mol. The number of aliphatic imine (C=N–C) groups is 2. The van der Waals surface area contributed by atoms with Gasteiger partial charge in [0.15, 0.2) is 0 Å². The van der Waals surface area contributed by atoms with E-state index >= 15 is 0 Å². The van der Waals surface area contributed by atoms with Crippen molar-refractivity contribution in [2.75, 3.05) is 7.11 Å². The lowest BCUT2D eigenvalue weighted by atomic mass is 9.77. The van der Waals surface area contributed by atoms with Gasteiger partial charge in [-0.2, -0.15) is 4.99 Å². The maximum Gasteiger partial charge on any atom is 0.147 e. The molecular formula is C27H22N2O. The van der Waals surface area contributed by atoms with E-state index in [-0.39, 0.29) is 0 Å². The SMILES string of the molecule is COc1ccc(N=C=NC(c2ccccc2)(c2ccccc2)c2ccccc2)cc1. The summed E-state index contributed by atoms with van der Waals surface area (Å²) in [6, 6.07) is 41.3. The maximum absolute atomic E-state index is 5.22. The summed E-state index contributed by atoms with van der Waals surface area (Å²) in [5, 5.41) is 0. The van der Waals surface area contributed by atoms with E-state index in [2.05, 4.69) is 47.4 Å². The molecule has 0 fully saturated rings. The largest absolute Gasteiger partial charge is 0.497 e. The van der Waals surface area contributed by atoms with E-state index in [9.17, 15) is 0 Å². The number of ether oxygens (including phenoxy) is 1. The molecule has 0 aliphatic carbocycles. The fourth-order valence-electron chi connectivity index (χ4n) is 3.55. The highest BCUT2D eigenvalue weighted by molar-refractivity contribution is 5.59. The fraction of sp³-hybridized carbons (Fsp3) is 0.0741. The summed E-state index contributed by atoms with van der Waals surface area (Å²) in [5.74, 6) is 0.790. The molecule has 3 nitrogen and oxygen atoms in total. The zero-order valence-electron chi connectivity index (χ0n) is 16.8. The van der Waals surface area contributed by atoms with Crippen LogP contribution in [-0.2, 0) is 5.54 Å². The van der Waals surface area contributed by atoms with Crippen molar-refractivity contribution in [1.82, 2.24) is 0 Å². The molecule has 146 valence electrons. The van der Waals surface area contributed by atoms with Crippen LogP contribution < -0.4 is 4.74 Å². The second kappa shape index (κ2) is 9.04. The van der Waals surface area contributed by atoms with E-state index in [1.165, 1.54) is 0 Å². The monoisotopic (exact) mass is 390 g/mol. The molecule has 0 aliphatic heterocycles. The Kier molecular flexibility index (Phi) is 5.84. The molecule has 0 spiro atoms. The Morgan fingerprint density at radius 1 is 0.600 bits per heavy atom. The van der Waals surface area contributed by atoms with Gasteiger partial charge >= 0.3 is 0 Å². The maximum atomic E-state index is 5.22. The van der Waals surface area contributed by atoms with Crippen molar-refractivity contribution < 1.29 is 4.74 Å². The van der Waals surface area contributed by atoms with E-state index in [0.717, 1.165) is 28.1 Å². The number of hydrogen-bond acceptors (Lipinski definition) is 3. The van der Waals surface area contributed by atoms with Gasteiger partial charge in [-0.05, 0) is 41.0 Å². The summed E-state index contributed by atoms with van der Waals surface area (Å²) in [6.07, 6.45) is 0. The first-order valence-electron chi connectivity index (χ1n) is 9.81. The fourth-order valence-corrected chi connectivity index (χ4v) is 3.55. The van der Waals surface area contributed by atoms with Crippen LogP contribution in [0.5, 0.6) is 5.75 Å². The predicted octanol–water partition coefficient (Wildman–Crippen LogP) is 6.49. The van der Waals surface area contributed by atoms with Crippen LogP contribution >= 0.6 is 0 Å². The van der Waals surface area contributed by atoms with Crippen LogP contribution in [0, 0.1) is 0 Å². The van der Waals surface area contributed by atoms with Crippen LogP contribution in [0.25, 0.3) is 0 Å². The third-order valence-electron chi connectivity index (χ3n) is 5.04. The van der Waals surface area contributed by atoms with E-state index in [1.54, 1.807) is 7.11 Å². The van der Waals surface area contributed by atoms with Crippen LogP contribution in [0.2, 0.25) is 0 Å². The van der Waals surface area contributed by atoms with Gasteiger partial charge in [-0.15, -0.1) is 0 Å². The number of benzene rings is 4. The summed E-state index contributed by atoms with van der Waals surface area (Å²) in [4.78, 5) is 9.43. The lowest BCUT2D eigenvalue weighted by Crippen LogP contribution is -2.26. The number of rotatable bonds is 6. The average molecular weight is 390 g/mol. The summed E-state index contributed by atoms with van der Waals surface area (Å²) < 4.78 is 5.22. The zero-order valence-corrected chi connectivity index (χ0v) is 16.8. The van der Waals surface area contributed by atoms with E-state index in [4.69, 9.17) is 9.73 Å². The molecule has 30 heavy (non-hydrogen) atoms. The highest BCUT2D eigenvalue weighted by Gasteiger charge is 2.35. The lowest BCUT2D eigenvalue weighted by Gasteiger charge is -2.30. The highest BCUT2D eigenvalue weighted by Crippen LogP contribution is 2.40. The molecule has 0 heterocycles. The number of methoxy groups -OCH3 is 1. The van der Waals surface area contributed by atoms with Gasteiger partial charge in [-0.25, -0.2) is 4.99 Å². The van der Waals surface area contributed by atoms with Gasteiger partial charge in [0.05, 0.1) is 18.8 Å². The van der Waals surface area contributed by atoms with Crippen molar-refractivity contribution in [3.63, 3.8) is 0 Å². The second-order valence-corrected chi connectivity index (χ2v) is 6.83. The molecule has 0 bridgehead atoms. The van der Waals surface area contributed by atoms with Gasteiger partial charge < -0.3 is 4.74 Å².